The number of carbonyl (C=O) groups excluding carboxylic acids is 1. The molecule has 26 heavy (non-hydrogen) atoms. The smallest absolute Gasteiger partial charge is 0.311 e. The first-order chi connectivity index (χ1) is 12.5. The summed E-state index contributed by atoms with van der Waals surface area (Å²) in [7, 11) is 1.48. The van der Waals surface area contributed by atoms with E-state index in [4.69, 9.17) is 14.2 Å². The summed E-state index contributed by atoms with van der Waals surface area (Å²) in [5, 5.41) is 0. The van der Waals surface area contributed by atoms with Gasteiger partial charge in [0.25, 0.3) is 0 Å². The molecular weight excluding hydrogens is 328 g/mol. The van der Waals surface area contributed by atoms with Gasteiger partial charge < -0.3 is 14.2 Å². The van der Waals surface area contributed by atoms with Gasteiger partial charge >= 0.3 is 5.97 Å². The van der Waals surface area contributed by atoms with Crippen molar-refractivity contribution in [2.75, 3.05) is 13.7 Å². The fraction of sp³-hybridized carbons (Fsp3) is 0.955. The molecule has 4 heteroatoms. The molecule has 2 rings (SSSR count). The van der Waals surface area contributed by atoms with Crippen molar-refractivity contribution in [2.24, 2.45) is 23.7 Å². The Morgan fingerprint density at radius 3 is 2.46 bits per heavy atom. The lowest BCUT2D eigenvalue weighted by molar-refractivity contribution is -0.193. The highest BCUT2D eigenvalue weighted by Gasteiger charge is 2.38. The minimum Gasteiger partial charge on any atom is -0.469 e. The molecule has 0 heterocycles. The molecule has 0 aromatic heterocycles. The Labute approximate surface area is 160 Å². The average molecular weight is 369 g/mol. The molecular formula is C22H40O4. The molecule has 0 radical (unpaired) electrons. The maximum Gasteiger partial charge on any atom is 0.311 e. The van der Waals surface area contributed by atoms with Crippen molar-refractivity contribution in [2.45, 2.75) is 97.4 Å². The molecule has 0 amide bonds. The van der Waals surface area contributed by atoms with Crippen molar-refractivity contribution in [1.29, 1.82) is 0 Å². The predicted molar refractivity (Wildman–Crippen MR) is 104 cm³/mol. The van der Waals surface area contributed by atoms with Gasteiger partial charge in [0.1, 0.15) is 0 Å². The van der Waals surface area contributed by atoms with Crippen LogP contribution in [-0.2, 0) is 19.0 Å². The zero-order valence-corrected chi connectivity index (χ0v) is 17.4. The lowest BCUT2D eigenvalue weighted by Gasteiger charge is -2.37. The Morgan fingerprint density at radius 2 is 1.81 bits per heavy atom. The quantitative estimate of drug-likeness (QED) is 0.407. The molecule has 2 saturated carbocycles. The number of methoxy groups -OCH3 is 1. The third-order valence-electron chi connectivity index (χ3n) is 6.75. The number of hydrogen-bond acceptors (Lipinski definition) is 4. The van der Waals surface area contributed by atoms with Crippen LogP contribution in [-0.4, -0.2) is 32.1 Å². The van der Waals surface area contributed by atoms with Crippen molar-refractivity contribution < 1.29 is 19.0 Å². The zero-order chi connectivity index (χ0) is 18.9. The highest BCUT2D eigenvalue weighted by Crippen LogP contribution is 2.37. The van der Waals surface area contributed by atoms with Gasteiger partial charge in [-0.05, 0) is 50.4 Å². The van der Waals surface area contributed by atoms with Crippen molar-refractivity contribution in [1.82, 2.24) is 0 Å². The standard InChI is InChI=1S/C22H40O4/c1-5-16(2)19-11-12-21(20(15-19)22(23)24-4)26-17(3)25-14-13-18-9-7-6-8-10-18/h16-21H,5-15H2,1-4H3. The SMILES string of the molecule is CCC(C)C1CCC(OC(C)OCCC2CCCCC2)C(C(=O)OC)C1. The zero-order valence-electron chi connectivity index (χ0n) is 17.4. The van der Waals surface area contributed by atoms with Crippen molar-refractivity contribution in [3.63, 3.8) is 0 Å². The summed E-state index contributed by atoms with van der Waals surface area (Å²) in [5.41, 5.74) is 0. The van der Waals surface area contributed by atoms with Crippen molar-refractivity contribution in [3.8, 4) is 0 Å². The molecule has 2 fully saturated rings. The van der Waals surface area contributed by atoms with Crippen LogP contribution in [0.4, 0.5) is 0 Å². The second-order valence-electron chi connectivity index (χ2n) is 8.49. The minimum atomic E-state index is -0.254. The summed E-state index contributed by atoms with van der Waals surface area (Å²) < 4.78 is 17.1. The fourth-order valence-corrected chi connectivity index (χ4v) is 4.75. The van der Waals surface area contributed by atoms with Crippen LogP contribution in [0.2, 0.25) is 0 Å². The molecule has 0 spiro atoms. The molecule has 5 atom stereocenters. The van der Waals surface area contributed by atoms with Gasteiger partial charge in [0.05, 0.1) is 19.1 Å². The van der Waals surface area contributed by atoms with E-state index in [2.05, 4.69) is 13.8 Å². The highest BCUT2D eigenvalue weighted by atomic mass is 16.7. The van der Waals surface area contributed by atoms with Gasteiger partial charge in [-0.1, -0.05) is 52.4 Å². The number of carbonyl (C=O) groups is 1. The normalized spacial score (nSPS) is 29.9. The van der Waals surface area contributed by atoms with E-state index < -0.39 is 0 Å². The Balaban J connectivity index is 1.78. The minimum absolute atomic E-state index is 0.0764. The largest absolute Gasteiger partial charge is 0.469 e. The molecule has 0 aliphatic heterocycles. The Hall–Kier alpha value is -0.610. The number of ether oxygens (including phenoxy) is 3. The topological polar surface area (TPSA) is 44.8 Å². The molecule has 2 aliphatic carbocycles. The van der Waals surface area contributed by atoms with Gasteiger partial charge in [-0.25, -0.2) is 0 Å². The average Bonchev–Trinajstić information content (AvgIpc) is 2.67. The van der Waals surface area contributed by atoms with Gasteiger partial charge in [-0.3, -0.25) is 4.79 Å². The molecule has 152 valence electrons. The molecule has 0 aromatic carbocycles. The third kappa shape index (κ3) is 6.53. The van der Waals surface area contributed by atoms with Crippen LogP contribution in [0.1, 0.15) is 85.0 Å². The number of hydrogen-bond donors (Lipinski definition) is 0. The van der Waals surface area contributed by atoms with Gasteiger partial charge in [-0.15, -0.1) is 0 Å². The molecule has 4 nitrogen and oxygen atoms in total. The first-order valence-electron chi connectivity index (χ1n) is 10.9. The molecule has 5 unspecified atom stereocenters. The Morgan fingerprint density at radius 1 is 1.08 bits per heavy atom. The summed E-state index contributed by atoms with van der Waals surface area (Å²) in [6, 6.07) is 0. The summed E-state index contributed by atoms with van der Waals surface area (Å²) in [6.45, 7) is 7.24. The van der Waals surface area contributed by atoms with Gasteiger partial charge in [0.2, 0.25) is 0 Å². The summed E-state index contributed by atoms with van der Waals surface area (Å²) in [6.07, 6.45) is 11.7. The maximum atomic E-state index is 12.3. The lowest BCUT2D eigenvalue weighted by atomic mass is 9.73. The van der Waals surface area contributed by atoms with E-state index in [1.807, 2.05) is 6.92 Å². The van der Waals surface area contributed by atoms with Crippen LogP contribution < -0.4 is 0 Å². The number of esters is 1. The van der Waals surface area contributed by atoms with E-state index in [0.29, 0.717) is 11.8 Å². The highest BCUT2D eigenvalue weighted by molar-refractivity contribution is 5.73. The van der Waals surface area contributed by atoms with Crippen molar-refractivity contribution in [3.05, 3.63) is 0 Å². The van der Waals surface area contributed by atoms with Crippen LogP contribution in [0.15, 0.2) is 0 Å². The third-order valence-corrected chi connectivity index (χ3v) is 6.75. The van der Waals surface area contributed by atoms with Crippen LogP contribution in [0.5, 0.6) is 0 Å². The maximum absolute atomic E-state index is 12.3. The van der Waals surface area contributed by atoms with Gasteiger partial charge in [-0.2, -0.15) is 0 Å². The molecule has 0 aromatic rings. The van der Waals surface area contributed by atoms with Crippen LogP contribution >= 0.6 is 0 Å². The van der Waals surface area contributed by atoms with E-state index >= 15 is 0 Å². The predicted octanol–water partition coefficient (Wildman–Crippen LogP) is 5.34. The second kappa shape index (κ2) is 11.3. The van der Waals surface area contributed by atoms with E-state index in [9.17, 15) is 4.79 Å². The van der Waals surface area contributed by atoms with Crippen LogP contribution in [0.3, 0.4) is 0 Å². The number of rotatable bonds is 9. The second-order valence-corrected chi connectivity index (χ2v) is 8.49. The van der Waals surface area contributed by atoms with E-state index in [0.717, 1.165) is 44.6 Å². The van der Waals surface area contributed by atoms with E-state index in [1.54, 1.807) is 0 Å². The first-order valence-corrected chi connectivity index (χ1v) is 10.9. The van der Waals surface area contributed by atoms with Gasteiger partial charge in [0.15, 0.2) is 6.29 Å². The summed E-state index contributed by atoms with van der Waals surface area (Å²) in [4.78, 5) is 12.3. The molecule has 0 N–H and O–H groups in total. The van der Waals surface area contributed by atoms with Gasteiger partial charge in [0, 0.05) is 6.61 Å². The van der Waals surface area contributed by atoms with Crippen molar-refractivity contribution >= 4 is 5.97 Å². The lowest BCUT2D eigenvalue weighted by Crippen LogP contribution is -2.40. The van der Waals surface area contributed by atoms with Crippen LogP contribution in [0.25, 0.3) is 0 Å². The molecule has 0 bridgehead atoms. The van der Waals surface area contributed by atoms with E-state index in [1.165, 1.54) is 39.2 Å². The molecule has 2 aliphatic rings. The fourth-order valence-electron chi connectivity index (χ4n) is 4.75. The Bertz CT molecular complexity index is 405. The van der Waals surface area contributed by atoms with E-state index in [-0.39, 0.29) is 24.3 Å². The summed E-state index contributed by atoms with van der Waals surface area (Å²) in [5.74, 6) is 1.78. The molecule has 0 saturated heterocycles. The monoisotopic (exact) mass is 368 g/mol. The summed E-state index contributed by atoms with van der Waals surface area (Å²) >= 11 is 0. The van der Waals surface area contributed by atoms with Crippen LogP contribution in [0, 0.1) is 23.7 Å². The first kappa shape index (κ1) is 21.7. The Kier molecular flexibility index (Phi) is 9.41.